The molecule has 124 valence electrons. The average molecular weight is 339 g/mol. The van der Waals surface area contributed by atoms with Gasteiger partial charge >= 0.3 is 18.0 Å². The van der Waals surface area contributed by atoms with E-state index in [-0.39, 0.29) is 31.0 Å². The van der Waals surface area contributed by atoms with Gasteiger partial charge in [0, 0.05) is 0 Å². The van der Waals surface area contributed by atoms with Crippen LogP contribution in [0.4, 0.5) is 4.79 Å². The standard InChI is InChI=1S/C14H17N3O5S/c1-4-21-12(18)9-5-15-14(20)17-10(9)6-22-13(19)11-7(2)16-8(3)23-11/h4-6H2,1-3H3,(H2,15,17,20). The second-order valence-corrected chi connectivity index (χ2v) is 5.91. The van der Waals surface area contributed by atoms with E-state index in [9.17, 15) is 14.4 Å². The zero-order valence-corrected chi connectivity index (χ0v) is 13.8. The first-order chi connectivity index (χ1) is 10.9. The van der Waals surface area contributed by atoms with Crippen molar-refractivity contribution in [1.29, 1.82) is 0 Å². The summed E-state index contributed by atoms with van der Waals surface area (Å²) < 4.78 is 10.1. The maximum Gasteiger partial charge on any atom is 0.350 e. The summed E-state index contributed by atoms with van der Waals surface area (Å²) in [5, 5.41) is 5.71. The molecule has 1 aliphatic heterocycles. The first kappa shape index (κ1) is 16.9. The Morgan fingerprint density at radius 2 is 2.00 bits per heavy atom. The lowest BCUT2D eigenvalue weighted by Gasteiger charge is -2.21. The number of ether oxygens (including phenoxy) is 2. The molecular weight excluding hydrogens is 322 g/mol. The maximum atomic E-state index is 12.1. The van der Waals surface area contributed by atoms with E-state index in [0.717, 1.165) is 5.01 Å². The van der Waals surface area contributed by atoms with E-state index in [1.54, 1.807) is 20.8 Å². The number of amides is 2. The highest BCUT2D eigenvalue weighted by Gasteiger charge is 2.25. The molecule has 0 unspecified atom stereocenters. The van der Waals surface area contributed by atoms with Gasteiger partial charge in [-0.25, -0.2) is 19.4 Å². The van der Waals surface area contributed by atoms with Crippen molar-refractivity contribution in [3.05, 3.63) is 26.8 Å². The number of aromatic nitrogens is 1. The molecule has 0 bridgehead atoms. The third-order valence-corrected chi connectivity index (χ3v) is 4.07. The van der Waals surface area contributed by atoms with Crippen molar-refractivity contribution in [2.75, 3.05) is 19.8 Å². The van der Waals surface area contributed by atoms with Crippen LogP contribution in [0.3, 0.4) is 0 Å². The second kappa shape index (κ2) is 7.23. The Bertz CT molecular complexity index is 680. The molecule has 0 aliphatic carbocycles. The smallest absolute Gasteiger partial charge is 0.350 e. The SMILES string of the molecule is CCOC(=O)C1=C(COC(=O)c2sc(C)nc2C)NC(=O)NC1. The quantitative estimate of drug-likeness (QED) is 0.777. The molecule has 9 heteroatoms. The summed E-state index contributed by atoms with van der Waals surface area (Å²) in [7, 11) is 0. The highest BCUT2D eigenvalue weighted by molar-refractivity contribution is 7.13. The van der Waals surface area contributed by atoms with Crippen LogP contribution in [0.1, 0.15) is 27.3 Å². The van der Waals surface area contributed by atoms with Crippen LogP contribution in [-0.2, 0) is 14.3 Å². The van der Waals surface area contributed by atoms with Crippen molar-refractivity contribution >= 4 is 29.3 Å². The molecule has 0 spiro atoms. The number of aryl methyl sites for hydroxylation is 2. The Morgan fingerprint density at radius 3 is 2.61 bits per heavy atom. The van der Waals surface area contributed by atoms with Gasteiger partial charge in [-0.15, -0.1) is 11.3 Å². The number of thiazole rings is 1. The van der Waals surface area contributed by atoms with Gasteiger partial charge in [0.2, 0.25) is 0 Å². The molecule has 0 fully saturated rings. The molecule has 8 nitrogen and oxygen atoms in total. The molecule has 2 amide bonds. The molecule has 0 saturated heterocycles. The molecule has 0 aromatic carbocycles. The van der Waals surface area contributed by atoms with Crippen LogP contribution in [-0.4, -0.2) is 42.7 Å². The molecule has 1 aromatic heterocycles. The van der Waals surface area contributed by atoms with Gasteiger partial charge in [0.05, 0.1) is 35.1 Å². The minimum absolute atomic E-state index is 0.0241. The van der Waals surface area contributed by atoms with Crippen LogP contribution in [0.5, 0.6) is 0 Å². The number of hydrogen-bond donors (Lipinski definition) is 2. The van der Waals surface area contributed by atoms with Crippen LogP contribution in [0.2, 0.25) is 0 Å². The number of nitrogens with one attached hydrogen (secondary N) is 2. The van der Waals surface area contributed by atoms with E-state index in [4.69, 9.17) is 9.47 Å². The highest BCUT2D eigenvalue weighted by atomic mass is 32.1. The van der Waals surface area contributed by atoms with Crippen molar-refractivity contribution in [2.24, 2.45) is 0 Å². The van der Waals surface area contributed by atoms with Crippen molar-refractivity contribution < 1.29 is 23.9 Å². The van der Waals surface area contributed by atoms with Gasteiger partial charge in [0.1, 0.15) is 11.5 Å². The normalized spacial score (nSPS) is 14.1. The van der Waals surface area contributed by atoms with Gasteiger partial charge in [-0.05, 0) is 20.8 Å². The fourth-order valence-corrected chi connectivity index (χ4v) is 2.81. The first-order valence-corrected chi connectivity index (χ1v) is 7.79. The number of hydrogen-bond acceptors (Lipinski definition) is 7. The molecule has 1 aromatic rings. The number of urea groups is 1. The summed E-state index contributed by atoms with van der Waals surface area (Å²) in [4.78, 5) is 39.9. The molecule has 23 heavy (non-hydrogen) atoms. The lowest BCUT2D eigenvalue weighted by atomic mass is 10.2. The minimum atomic E-state index is -0.559. The number of nitrogens with zero attached hydrogens (tertiary/aromatic N) is 1. The van der Waals surface area contributed by atoms with Crippen molar-refractivity contribution in [1.82, 2.24) is 15.6 Å². The molecule has 0 saturated carbocycles. The van der Waals surface area contributed by atoms with Crippen molar-refractivity contribution in [3.8, 4) is 0 Å². The van der Waals surface area contributed by atoms with Crippen molar-refractivity contribution in [3.63, 3.8) is 0 Å². The third kappa shape index (κ3) is 4.07. The Labute approximate surface area is 136 Å². The zero-order chi connectivity index (χ0) is 17.0. The molecule has 2 heterocycles. The van der Waals surface area contributed by atoms with E-state index >= 15 is 0 Å². The minimum Gasteiger partial charge on any atom is -0.463 e. The van der Waals surface area contributed by atoms with E-state index in [1.807, 2.05) is 0 Å². The largest absolute Gasteiger partial charge is 0.463 e. The van der Waals surface area contributed by atoms with E-state index in [1.165, 1.54) is 11.3 Å². The lowest BCUT2D eigenvalue weighted by molar-refractivity contribution is -0.138. The summed E-state index contributed by atoms with van der Waals surface area (Å²) in [6, 6.07) is -0.464. The third-order valence-electron chi connectivity index (χ3n) is 3.01. The monoisotopic (exact) mass is 339 g/mol. The molecule has 0 radical (unpaired) electrons. The van der Waals surface area contributed by atoms with Crippen LogP contribution in [0.25, 0.3) is 0 Å². The Balaban J connectivity index is 2.11. The van der Waals surface area contributed by atoms with Gasteiger partial charge in [-0.2, -0.15) is 0 Å². The molecular formula is C14H17N3O5S. The van der Waals surface area contributed by atoms with Crippen LogP contribution in [0, 0.1) is 13.8 Å². The maximum absolute atomic E-state index is 12.1. The summed E-state index contributed by atoms with van der Waals surface area (Å²) in [5.74, 6) is -1.10. The fraction of sp³-hybridized carbons (Fsp3) is 0.429. The van der Waals surface area contributed by atoms with Crippen LogP contribution < -0.4 is 10.6 Å². The van der Waals surface area contributed by atoms with E-state index in [0.29, 0.717) is 10.6 Å². The summed E-state index contributed by atoms with van der Waals surface area (Å²) in [6.45, 7) is 5.20. The van der Waals surface area contributed by atoms with Gasteiger partial charge < -0.3 is 20.1 Å². The van der Waals surface area contributed by atoms with Gasteiger partial charge in [-0.1, -0.05) is 0 Å². The number of esters is 2. The average Bonchev–Trinajstić information content (AvgIpc) is 2.84. The topological polar surface area (TPSA) is 107 Å². The van der Waals surface area contributed by atoms with E-state index in [2.05, 4.69) is 15.6 Å². The number of rotatable bonds is 5. The summed E-state index contributed by atoms with van der Waals surface area (Å²) in [5.41, 5.74) is 1.04. The predicted molar refractivity (Wildman–Crippen MR) is 82.1 cm³/mol. The van der Waals surface area contributed by atoms with Crippen LogP contribution in [0.15, 0.2) is 11.3 Å². The summed E-state index contributed by atoms with van der Waals surface area (Å²) in [6.07, 6.45) is 0. The second-order valence-electron chi connectivity index (χ2n) is 4.71. The number of carbonyl (C=O) groups excluding carboxylic acids is 3. The fourth-order valence-electron chi connectivity index (χ4n) is 1.99. The highest BCUT2D eigenvalue weighted by Crippen LogP contribution is 2.18. The van der Waals surface area contributed by atoms with Crippen molar-refractivity contribution in [2.45, 2.75) is 20.8 Å². The van der Waals surface area contributed by atoms with Gasteiger partial charge in [0.25, 0.3) is 0 Å². The zero-order valence-electron chi connectivity index (χ0n) is 13.0. The molecule has 1 aliphatic rings. The van der Waals surface area contributed by atoms with Crippen LogP contribution >= 0.6 is 11.3 Å². The predicted octanol–water partition coefficient (Wildman–Crippen LogP) is 1.05. The summed E-state index contributed by atoms with van der Waals surface area (Å²) >= 11 is 1.23. The van der Waals surface area contributed by atoms with Gasteiger partial charge in [0.15, 0.2) is 0 Å². The number of carbonyl (C=O) groups is 3. The Hall–Kier alpha value is -2.42. The Morgan fingerprint density at radius 1 is 1.26 bits per heavy atom. The lowest BCUT2D eigenvalue weighted by Crippen LogP contribution is -2.45. The van der Waals surface area contributed by atoms with E-state index < -0.39 is 18.0 Å². The first-order valence-electron chi connectivity index (χ1n) is 6.97. The molecule has 2 rings (SSSR count). The van der Waals surface area contributed by atoms with Gasteiger partial charge in [-0.3, -0.25) is 0 Å². The molecule has 2 N–H and O–H groups in total. The Kier molecular flexibility index (Phi) is 5.32. The molecule has 0 atom stereocenters.